The van der Waals surface area contributed by atoms with Crippen LogP contribution in [0.3, 0.4) is 0 Å². The second kappa shape index (κ2) is 28.8. The summed E-state index contributed by atoms with van der Waals surface area (Å²) < 4.78 is 42.2. The van der Waals surface area contributed by atoms with Crippen LogP contribution in [0.5, 0.6) is 11.5 Å². The normalized spacial score (nSPS) is 15.6. The number of carbonyl (C=O) groups is 2. The number of likely N-dealkylation sites (N-methyl/N-ethyl adjacent to an activating group) is 2. The molecule has 2 aliphatic heterocycles. The molecule has 2 heterocycles. The van der Waals surface area contributed by atoms with E-state index in [0.717, 1.165) is 114 Å². The summed E-state index contributed by atoms with van der Waals surface area (Å²) in [5, 5.41) is 14.6. The van der Waals surface area contributed by atoms with Crippen molar-refractivity contribution >= 4 is 22.3 Å². The Morgan fingerprint density at radius 3 is 1.43 bits per heavy atom. The maximum atomic E-state index is 11.6. The molecule has 0 unspecified atom stereocenters. The predicted octanol–water partition coefficient (Wildman–Crippen LogP) is 1.95. The minimum absolute atomic E-state index is 0. The van der Waals surface area contributed by atoms with E-state index in [4.69, 9.17) is 19.3 Å². The fraction of sp³-hybridized carbons (Fsp3) is 0.674. The number of carbonyl (C=O) groups excluding carboxylic acids is 2. The predicted molar refractivity (Wildman–Crippen MR) is 235 cm³/mol. The van der Waals surface area contributed by atoms with Gasteiger partial charge < -0.3 is 51.0 Å². The van der Waals surface area contributed by atoms with Crippen LogP contribution in [0.2, 0.25) is 0 Å². The Hall–Kier alpha value is -2.67. The second-order valence-electron chi connectivity index (χ2n) is 17.0. The van der Waals surface area contributed by atoms with Crippen molar-refractivity contribution in [1.82, 2.24) is 30.2 Å². The van der Waals surface area contributed by atoms with Crippen LogP contribution >= 0.6 is 0 Å². The Balaban J connectivity index is 0.000000922. The van der Waals surface area contributed by atoms with Gasteiger partial charge in [0.1, 0.15) is 22.7 Å². The van der Waals surface area contributed by atoms with Gasteiger partial charge in [-0.15, -0.1) is 0 Å². The van der Waals surface area contributed by atoms with E-state index in [1.54, 1.807) is 12.1 Å². The molecule has 0 saturated carbocycles. The average Bonchev–Trinajstić information content (AvgIpc) is 3.13. The number of phenolic OH excluding ortho intramolecular Hbond substituents is 1. The molecule has 2 fully saturated rings. The van der Waals surface area contributed by atoms with Gasteiger partial charge in [0, 0.05) is 78.5 Å². The molecule has 3 N–H and O–H groups in total. The second-order valence-corrected chi connectivity index (χ2v) is 18.7. The summed E-state index contributed by atoms with van der Waals surface area (Å²) in [6.45, 7) is 24.1. The number of aromatic hydroxyl groups is 1. The van der Waals surface area contributed by atoms with E-state index in [1.165, 1.54) is 0 Å². The van der Waals surface area contributed by atoms with Crippen molar-refractivity contribution in [3.05, 3.63) is 59.7 Å². The van der Waals surface area contributed by atoms with E-state index >= 15 is 0 Å². The molecule has 338 valence electrons. The number of piperazine rings is 2. The molecule has 2 aromatic carbocycles. The van der Waals surface area contributed by atoms with Crippen molar-refractivity contribution < 1.29 is 72.5 Å². The fourth-order valence-corrected chi connectivity index (χ4v) is 6.20. The van der Waals surface area contributed by atoms with Gasteiger partial charge in [-0.2, -0.15) is 8.42 Å². The zero-order chi connectivity index (χ0) is 43.9. The van der Waals surface area contributed by atoms with Crippen LogP contribution in [0.1, 0.15) is 66.9 Å². The molecule has 0 spiro atoms. The van der Waals surface area contributed by atoms with Gasteiger partial charge in [-0.25, -0.2) is 9.59 Å². The topological polar surface area (TPSA) is 162 Å². The van der Waals surface area contributed by atoms with Gasteiger partial charge in [0.15, 0.2) is 0 Å². The third kappa shape index (κ3) is 29.6. The third-order valence-electron chi connectivity index (χ3n) is 9.02. The zero-order valence-corrected chi connectivity index (χ0v) is 41.1. The van der Waals surface area contributed by atoms with Crippen molar-refractivity contribution in [2.24, 2.45) is 0 Å². The number of phenols is 1. The first-order chi connectivity index (χ1) is 27.7. The number of rotatable bonds is 16. The SMILES string of the molecule is CC(C)(C)OC(=O)NCCc1ccc(O)cc1.CN1CCN(CCCOS(C)(=O)=O)CC1.CN1CCN(CCCOc2ccc(CCNC(=O)OC(C)(C)C)cc2)CC1.[H-].[Na+]. The summed E-state index contributed by atoms with van der Waals surface area (Å²) in [7, 11) is 1.03. The molecule has 2 aliphatic rings. The van der Waals surface area contributed by atoms with E-state index in [2.05, 4.69) is 48.5 Å². The van der Waals surface area contributed by atoms with Gasteiger partial charge in [-0.05, 0) is 117 Å². The number of alkyl carbamates (subject to hydrolysis) is 2. The molecule has 60 heavy (non-hydrogen) atoms. The first-order valence-electron chi connectivity index (χ1n) is 20.8. The molecule has 2 amide bonds. The average molecular weight is 875 g/mol. The molecular formula is C43H75N6NaO9S. The number of benzene rings is 2. The zero-order valence-electron chi connectivity index (χ0n) is 39.3. The molecular weight excluding hydrogens is 800 g/mol. The van der Waals surface area contributed by atoms with Crippen LogP contribution in [0.15, 0.2) is 48.5 Å². The van der Waals surface area contributed by atoms with E-state index < -0.39 is 27.4 Å². The van der Waals surface area contributed by atoms with Crippen LogP contribution in [-0.2, 0) is 36.6 Å². The van der Waals surface area contributed by atoms with Gasteiger partial charge in [0.05, 0.1) is 19.5 Å². The number of amides is 2. The quantitative estimate of drug-likeness (QED) is 0.128. The molecule has 0 bridgehead atoms. The first-order valence-corrected chi connectivity index (χ1v) is 22.6. The largest absolute Gasteiger partial charge is 1.00 e. The van der Waals surface area contributed by atoms with Gasteiger partial charge in [0.25, 0.3) is 10.1 Å². The third-order valence-corrected chi connectivity index (χ3v) is 9.61. The smallest absolute Gasteiger partial charge is 1.00 e. The van der Waals surface area contributed by atoms with Crippen molar-refractivity contribution in [3.63, 3.8) is 0 Å². The van der Waals surface area contributed by atoms with Crippen LogP contribution in [-0.4, -0.2) is 169 Å². The monoisotopic (exact) mass is 875 g/mol. The van der Waals surface area contributed by atoms with E-state index in [9.17, 15) is 18.0 Å². The number of nitrogens with one attached hydrogen (secondary N) is 2. The Morgan fingerprint density at radius 1 is 0.667 bits per heavy atom. The van der Waals surface area contributed by atoms with Crippen LogP contribution in [0, 0.1) is 0 Å². The maximum absolute atomic E-state index is 11.6. The summed E-state index contributed by atoms with van der Waals surface area (Å²) in [5.41, 5.74) is 1.28. The van der Waals surface area contributed by atoms with Crippen molar-refractivity contribution in [1.29, 1.82) is 0 Å². The number of ether oxygens (including phenoxy) is 3. The molecule has 15 nitrogen and oxygen atoms in total. The van der Waals surface area contributed by atoms with E-state index in [1.807, 2.05) is 77.9 Å². The summed E-state index contributed by atoms with van der Waals surface area (Å²) in [4.78, 5) is 32.5. The van der Waals surface area contributed by atoms with Crippen molar-refractivity contribution in [2.75, 3.05) is 112 Å². The number of hydrogen-bond donors (Lipinski definition) is 3. The van der Waals surface area contributed by atoms with Gasteiger partial charge in [-0.3, -0.25) is 4.18 Å². The van der Waals surface area contributed by atoms with Crippen LogP contribution in [0.25, 0.3) is 0 Å². The molecule has 2 saturated heterocycles. The number of hydrogen-bond acceptors (Lipinski definition) is 13. The molecule has 0 atom stereocenters. The van der Waals surface area contributed by atoms with Crippen molar-refractivity contribution in [3.8, 4) is 11.5 Å². The molecule has 0 aliphatic carbocycles. The minimum atomic E-state index is -3.26. The molecule has 17 heteroatoms. The molecule has 4 rings (SSSR count). The summed E-state index contributed by atoms with van der Waals surface area (Å²) in [5.74, 6) is 1.14. The molecule has 2 aromatic rings. The van der Waals surface area contributed by atoms with Gasteiger partial charge in [0.2, 0.25) is 0 Å². The van der Waals surface area contributed by atoms with E-state index in [-0.39, 0.29) is 42.8 Å². The standard InChI is InChI=1S/C21H35N3O3.C13H19NO3.C9H20N2O3S.Na.H/c1-21(2,3)27-20(25)22-11-10-18-6-8-19(9-7-18)26-17-5-12-24-15-13-23(4)14-16-24;1-13(2,3)17-12(16)14-9-8-10-4-6-11(15)7-5-10;1-10-5-7-11(8-6-10)4-3-9-14-15(2,12)13;;/h6-9H,5,10-17H2,1-4H3,(H,22,25);4-7,15H,8-9H2,1-3H3,(H,14,16);3-9H2,1-2H3;;/q;;;+1;-1. The number of nitrogens with zero attached hydrogens (tertiary/aromatic N) is 4. The molecule has 0 aromatic heterocycles. The summed E-state index contributed by atoms with van der Waals surface area (Å²) >= 11 is 0. The van der Waals surface area contributed by atoms with Crippen LogP contribution in [0.4, 0.5) is 9.59 Å². The Morgan fingerprint density at radius 2 is 1.05 bits per heavy atom. The Labute approximate surface area is 384 Å². The summed E-state index contributed by atoms with van der Waals surface area (Å²) in [6, 6.07) is 15.0. The van der Waals surface area contributed by atoms with Gasteiger partial charge >= 0.3 is 41.7 Å². The van der Waals surface area contributed by atoms with Crippen molar-refractivity contribution in [2.45, 2.75) is 78.4 Å². The Bertz CT molecular complexity index is 1580. The van der Waals surface area contributed by atoms with Gasteiger partial charge in [-0.1, -0.05) is 24.3 Å². The fourth-order valence-electron chi connectivity index (χ4n) is 5.78. The summed E-state index contributed by atoms with van der Waals surface area (Å²) in [6.07, 6.45) is 3.60. The molecule has 0 radical (unpaired) electrons. The minimum Gasteiger partial charge on any atom is -1.00 e. The maximum Gasteiger partial charge on any atom is 1.00 e. The van der Waals surface area contributed by atoms with Crippen LogP contribution < -0.4 is 44.9 Å². The first kappa shape index (κ1) is 55.3. The Kier molecular flexibility index (Phi) is 26.6. The van der Waals surface area contributed by atoms with E-state index in [0.29, 0.717) is 26.1 Å².